The number of benzene rings is 2. The largest absolute Gasteiger partial charge is 0.504 e. The molecule has 1 saturated heterocycles. The Morgan fingerprint density at radius 1 is 1.31 bits per heavy atom. The highest BCUT2D eigenvalue weighted by molar-refractivity contribution is 14.1. The number of imide groups is 1. The lowest BCUT2D eigenvalue weighted by Gasteiger charge is -2.11. The van der Waals surface area contributed by atoms with Crippen LogP contribution in [0.1, 0.15) is 12.5 Å². The molecule has 1 aliphatic heterocycles. The number of amides is 3. The summed E-state index contributed by atoms with van der Waals surface area (Å²) in [6.45, 7) is 2.20. The van der Waals surface area contributed by atoms with Crippen LogP contribution in [0.15, 0.2) is 42.1 Å². The van der Waals surface area contributed by atoms with Gasteiger partial charge in [0.05, 0.1) is 15.9 Å². The van der Waals surface area contributed by atoms with Crippen LogP contribution in [-0.4, -0.2) is 23.7 Å². The van der Waals surface area contributed by atoms with Crippen LogP contribution < -0.4 is 15.0 Å². The Kier molecular flexibility index (Phi) is 5.38. The highest BCUT2D eigenvalue weighted by atomic mass is 127. The third-order valence-corrected chi connectivity index (χ3v) is 4.66. The molecular weight excluding hydrogens is 471 g/mol. The minimum absolute atomic E-state index is 0.0388. The van der Waals surface area contributed by atoms with Crippen molar-refractivity contribution in [3.63, 3.8) is 0 Å². The number of phenols is 1. The SMILES string of the molecule is CCOc1cc(/C=C2/NC(=O)N(c3cccc(Cl)c3)C2=O)cc(I)c1O. The first-order valence-corrected chi connectivity index (χ1v) is 9.14. The van der Waals surface area contributed by atoms with Crippen molar-refractivity contribution < 1.29 is 19.4 Å². The molecule has 0 atom stereocenters. The predicted octanol–water partition coefficient (Wildman–Crippen LogP) is 4.15. The minimum atomic E-state index is -0.554. The van der Waals surface area contributed by atoms with Crippen molar-refractivity contribution in [3.05, 3.63) is 56.3 Å². The fraction of sp³-hybridized carbons (Fsp3) is 0.111. The van der Waals surface area contributed by atoms with Crippen LogP contribution in [-0.2, 0) is 4.79 Å². The topological polar surface area (TPSA) is 78.9 Å². The van der Waals surface area contributed by atoms with Crippen LogP contribution in [0.3, 0.4) is 0 Å². The molecule has 0 unspecified atom stereocenters. The fourth-order valence-electron chi connectivity index (χ4n) is 2.49. The number of rotatable bonds is 4. The Morgan fingerprint density at radius 3 is 2.77 bits per heavy atom. The van der Waals surface area contributed by atoms with Crippen molar-refractivity contribution in [2.24, 2.45) is 0 Å². The number of hydrogen-bond acceptors (Lipinski definition) is 4. The molecule has 8 heteroatoms. The van der Waals surface area contributed by atoms with Gasteiger partial charge in [-0.05, 0) is 71.5 Å². The molecule has 1 aliphatic rings. The van der Waals surface area contributed by atoms with Crippen LogP contribution in [0.5, 0.6) is 11.5 Å². The molecule has 2 aromatic rings. The van der Waals surface area contributed by atoms with Gasteiger partial charge in [0.25, 0.3) is 5.91 Å². The number of nitrogens with zero attached hydrogens (tertiary/aromatic N) is 1. The molecular formula is C18H14ClIN2O4. The molecule has 0 saturated carbocycles. The van der Waals surface area contributed by atoms with Gasteiger partial charge in [0.15, 0.2) is 11.5 Å². The maximum atomic E-state index is 12.6. The lowest BCUT2D eigenvalue weighted by Crippen LogP contribution is -2.30. The molecule has 26 heavy (non-hydrogen) atoms. The van der Waals surface area contributed by atoms with E-state index in [2.05, 4.69) is 5.32 Å². The summed E-state index contributed by atoms with van der Waals surface area (Å²) < 4.78 is 5.97. The molecule has 3 rings (SSSR count). The van der Waals surface area contributed by atoms with Gasteiger partial charge in [-0.15, -0.1) is 0 Å². The number of nitrogens with one attached hydrogen (secondary N) is 1. The van der Waals surface area contributed by atoms with E-state index in [1.165, 1.54) is 6.08 Å². The summed E-state index contributed by atoms with van der Waals surface area (Å²) in [6, 6.07) is 9.23. The molecule has 0 bridgehead atoms. The van der Waals surface area contributed by atoms with E-state index in [-0.39, 0.29) is 11.4 Å². The first kappa shape index (κ1) is 18.5. The molecule has 3 amide bonds. The van der Waals surface area contributed by atoms with E-state index < -0.39 is 11.9 Å². The lowest BCUT2D eigenvalue weighted by atomic mass is 10.1. The summed E-state index contributed by atoms with van der Waals surface area (Å²) in [4.78, 5) is 25.9. The van der Waals surface area contributed by atoms with Gasteiger partial charge in [-0.3, -0.25) is 4.79 Å². The normalized spacial score (nSPS) is 15.5. The Labute approximate surface area is 168 Å². The molecule has 134 valence electrons. The van der Waals surface area contributed by atoms with Gasteiger partial charge in [0, 0.05) is 5.02 Å². The molecule has 0 aromatic heterocycles. The smallest absolute Gasteiger partial charge is 0.333 e. The Balaban J connectivity index is 1.96. The van der Waals surface area contributed by atoms with E-state index in [1.54, 1.807) is 43.3 Å². The first-order valence-electron chi connectivity index (χ1n) is 7.68. The van der Waals surface area contributed by atoms with E-state index in [1.807, 2.05) is 22.6 Å². The number of phenolic OH excluding ortho intramolecular Hbond substituents is 1. The van der Waals surface area contributed by atoms with Crippen LogP contribution in [0.4, 0.5) is 10.5 Å². The van der Waals surface area contributed by atoms with E-state index in [0.29, 0.717) is 32.2 Å². The molecule has 1 heterocycles. The number of anilines is 1. The number of carbonyl (C=O) groups is 2. The van der Waals surface area contributed by atoms with Crippen molar-refractivity contribution >= 4 is 57.9 Å². The maximum Gasteiger partial charge on any atom is 0.333 e. The van der Waals surface area contributed by atoms with Gasteiger partial charge >= 0.3 is 6.03 Å². The van der Waals surface area contributed by atoms with E-state index >= 15 is 0 Å². The molecule has 0 radical (unpaired) electrons. The molecule has 2 N–H and O–H groups in total. The van der Waals surface area contributed by atoms with Gasteiger partial charge in [-0.25, -0.2) is 9.69 Å². The number of hydrogen-bond donors (Lipinski definition) is 2. The average Bonchev–Trinajstić information content (AvgIpc) is 2.86. The van der Waals surface area contributed by atoms with Crippen LogP contribution in [0, 0.1) is 3.57 Å². The minimum Gasteiger partial charge on any atom is -0.504 e. The second-order valence-electron chi connectivity index (χ2n) is 5.39. The molecule has 0 spiro atoms. The summed E-state index contributed by atoms with van der Waals surface area (Å²) in [6.07, 6.45) is 1.54. The summed E-state index contributed by atoms with van der Waals surface area (Å²) in [5.74, 6) is -0.134. The van der Waals surface area contributed by atoms with Crippen LogP contribution in [0.2, 0.25) is 5.02 Å². The Morgan fingerprint density at radius 2 is 2.08 bits per heavy atom. The molecule has 6 nitrogen and oxygen atoms in total. The second-order valence-corrected chi connectivity index (χ2v) is 6.99. The number of aromatic hydroxyl groups is 1. The van der Waals surface area contributed by atoms with Crippen LogP contribution in [0.25, 0.3) is 6.08 Å². The lowest BCUT2D eigenvalue weighted by molar-refractivity contribution is -0.113. The van der Waals surface area contributed by atoms with E-state index in [4.69, 9.17) is 16.3 Å². The summed E-state index contributed by atoms with van der Waals surface area (Å²) in [5, 5.41) is 13.0. The zero-order chi connectivity index (χ0) is 18.8. The van der Waals surface area contributed by atoms with Gasteiger partial charge < -0.3 is 15.2 Å². The van der Waals surface area contributed by atoms with Crippen molar-refractivity contribution in [2.45, 2.75) is 6.92 Å². The van der Waals surface area contributed by atoms with Crippen molar-refractivity contribution in [2.75, 3.05) is 11.5 Å². The average molecular weight is 485 g/mol. The fourth-order valence-corrected chi connectivity index (χ4v) is 3.30. The molecule has 1 fully saturated rings. The van der Waals surface area contributed by atoms with Crippen molar-refractivity contribution in [1.82, 2.24) is 5.32 Å². The van der Waals surface area contributed by atoms with Crippen molar-refractivity contribution in [3.8, 4) is 11.5 Å². The summed E-state index contributed by atoms with van der Waals surface area (Å²) in [5.41, 5.74) is 1.13. The van der Waals surface area contributed by atoms with E-state index in [9.17, 15) is 14.7 Å². The summed E-state index contributed by atoms with van der Waals surface area (Å²) in [7, 11) is 0. The van der Waals surface area contributed by atoms with Gasteiger partial charge in [0.1, 0.15) is 5.70 Å². The Bertz CT molecular complexity index is 929. The predicted molar refractivity (Wildman–Crippen MR) is 107 cm³/mol. The molecule has 2 aromatic carbocycles. The zero-order valence-corrected chi connectivity index (χ0v) is 16.5. The monoisotopic (exact) mass is 484 g/mol. The highest BCUT2D eigenvalue weighted by Gasteiger charge is 2.35. The standard InChI is InChI=1S/C18H14ClIN2O4/c1-2-26-15-8-10(6-13(20)16(15)23)7-14-17(24)22(18(25)21-14)12-5-3-4-11(19)9-12/h3-9,23H,2H2,1H3,(H,21,25)/b14-7+. The van der Waals surface area contributed by atoms with Crippen molar-refractivity contribution in [1.29, 1.82) is 0 Å². The quantitative estimate of drug-likeness (QED) is 0.388. The zero-order valence-electron chi connectivity index (χ0n) is 13.6. The Hall–Kier alpha value is -2.26. The van der Waals surface area contributed by atoms with Crippen LogP contribution >= 0.6 is 34.2 Å². The first-order chi connectivity index (χ1) is 12.4. The van der Waals surface area contributed by atoms with E-state index in [0.717, 1.165) is 4.90 Å². The maximum absolute atomic E-state index is 12.6. The highest BCUT2D eigenvalue weighted by Crippen LogP contribution is 2.34. The molecule has 0 aliphatic carbocycles. The number of carbonyl (C=O) groups excluding carboxylic acids is 2. The van der Waals surface area contributed by atoms with Gasteiger partial charge in [-0.2, -0.15) is 0 Å². The third kappa shape index (κ3) is 3.63. The number of halogens is 2. The van der Waals surface area contributed by atoms with Gasteiger partial charge in [-0.1, -0.05) is 17.7 Å². The summed E-state index contributed by atoms with van der Waals surface area (Å²) >= 11 is 7.91. The third-order valence-electron chi connectivity index (χ3n) is 3.61. The number of ether oxygens (including phenoxy) is 1. The second kappa shape index (κ2) is 7.55. The van der Waals surface area contributed by atoms with Gasteiger partial charge in [0.2, 0.25) is 0 Å². The number of urea groups is 1.